The van der Waals surface area contributed by atoms with Gasteiger partial charge >= 0.3 is 0 Å². The van der Waals surface area contributed by atoms with Crippen molar-refractivity contribution in [3.8, 4) is 0 Å². The lowest BCUT2D eigenvalue weighted by molar-refractivity contribution is -0.116. The lowest BCUT2D eigenvalue weighted by atomic mass is 10.1. The molecule has 0 unspecified atom stereocenters. The largest absolute Gasteiger partial charge is 0.450 e. The van der Waals surface area contributed by atoms with Crippen LogP contribution < -0.4 is 10.2 Å². The van der Waals surface area contributed by atoms with Crippen molar-refractivity contribution in [3.05, 3.63) is 59.4 Å². The van der Waals surface area contributed by atoms with E-state index in [0.29, 0.717) is 23.6 Å². The molecule has 4 rings (SSSR count). The smallest absolute Gasteiger partial charge is 0.290 e. The van der Waals surface area contributed by atoms with E-state index in [1.807, 2.05) is 63.2 Å². The number of carbonyl (C=O) groups excluding carboxylic acids is 2. The van der Waals surface area contributed by atoms with Crippen LogP contribution >= 0.6 is 0 Å². The number of anilines is 2. The summed E-state index contributed by atoms with van der Waals surface area (Å²) in [6.07, 6.45) is 0. The summed E-state index contributed by atoms with van der Waals surface area (Å²) in [5.41, 5.74) is 4.30. The summed E-state index contributed by atoms with van der Waals surface area (Å²) in [7, 11) is 0. The fraction of sp³-hybridized carbons (Fsp3) is 0.360. The molecule has 0 aliphatic carbocycles. The van der Waals surface area contributed by atoms with Crippen molar-refractivity contribution < 1.29 is 18.7 Å². The van der Waals surface area contributed by atoms with Crippen LogP contribution in [0.1, 0.15) is 28.6 Å². The average Bonchev–Trinajstić information content (AvgIpc) is 3.16. The van der Waals surface area contributed by atoms with Gasteiger partial charge in [-0.05, 0) is 50.6 Å². The Balaban J connectivity index is 1.42. The van der Waals surface area contributed by atoms with Gasteiger partial charge < -0.3 is 24.3 Å². The van der Waals surface area contributed by atoms with Crippen molar-refractivity contribution >= 4 is 34.2 Å². The van der Waals surface area contributed by atoms with Gasteiger partial charge in [-0.25, -0.2) is 0 Å². The Hall–Kier alpha value is -3.32. The quantitative estimate of drug-likeness (QED) is 0.634. The molecule has 1 fully saturated rings. The first kappa shape index (κ1) is 21.9. The number of furan rings is 1. The maximum atomic E-state index is 13.1. The Kier molecular flexibility index (Phi) is 6.46. The lowest BCUT2D eigenvalue weighted by Gasteiger charge is -2.29. The fourth-order valence-corrected chi connectivity index (χ4v) is 4.01. The van der Waals surface area contributed by atoms with Crippen LogP contribution in [0.15, 0.2) is 46.9 Å². The number of amides is 2. The zero-order chi connectivity index (χ0) is 22.7. The number of likely N-dealkylation sites (N-methyl/N-ethyl adjacent to an activating group) is 1. The number of hydrogen-bond donors (Lipinski definition) is 1. The molecule has 2 heterocycles. The van der Waals surface area contributed by atoms with Crippen LogP contribution in [0.5, 0.6) is 0 Å². The minimum atomic E-state index is -0.279. The molecule has 0 bridgehead atoms. The second kappa shape index (κ2) is 9.44. The Labute approximate surface area is 187 Å². The zero-order valence-corrected chi connectivity index (χ0v) is 18.8. The van der Waals surface area contributed by atoms with Crippen molar-refractivity contribution in [2.75, 3.05) is 49.6 Å². The highest BCUT2D eigenvalue weighted by atomic mass is 16.5. The third kappa shape index (κ3) is 4.48. The molecule has 0 spiro atoms. The number of ether oxygens (including phenoxy) is 1. The summed E-state index contributed by atoms with van der Waals surface area (Å²) in [4.78, 5) is 29.5. The van der Waals surface area contributed by atoms with E-state index in [-0.39, 0.29) is 18.4 Å². The van der Waals surface area contributed by atoms with Crippen LogP contribution in [0.2, 0.25) is 0 Å². The molecule has 7 heteroatoms. The molecule has 168 valence electrons. The number of carbonyl (C=O) groups is 2. The minimum Gasteiger partial charge on any atom is -0.450 e. The molecule has 0 radical (unpaired) electrons. The molecule has 7 nitrogen and oxygen atoms in total. The van der Waals surface area contributed by atoms with E-state index in [1.54, 1.807) is 0 Å². The molecule has 3 aromatic rings. The van der Waals surface area contributed by atoms with Gasteiger partial charge in [0, 0.05) is 42.0 Å². The van der Waals surface area contributed by atoms with E-state index in [2.05, 4.69) is 10.2 Å². The number of nitrogens with one attached hydrogen (secondary N) is 1. The standard InChI is InChI=1S/C25H29N3O4/c1-4-27(25(30)24-18(3)21-7-5-6-17(2)23(21)32-24)16-22(29)26-19-8-10-20(11-9-19)28-12-14-31-15-13-28/h5-11H,4,12-16H2,1-3H3,(H,26,29). The molecule has 2 aromatic carbocycles. The van der Waals surface area contributed by atoms with Crippen LogP contribution in [-0.4, -0.2) is 56.1 Å². The Morgan fingerprint density at radius 3 is 2.44 bits per heavy atom. The number of rotatable bonds is 6. The van der Waals surface area contributed by atoms with Gasteiger partial charge in [0.05, 0.1) is 13.2 Å². The SMILES string of the molecule is CCN(CC(=O)Nc1ccc(N2CCOCC2)cc1)C(=O)c1oc2c(C)cccc2c1C. The first-order valence-electron chi connectivity index (χ1n) is 11.0. The highest BCUT2D eigenvalue weighted by molar-refractivity contribution is 6.02. The summed E-state index contributed by atoms with van der Waals surface area (Å²) in [5, 5.41) is 3.81. The summed E-state index contributed by atoms with van der Waals surface area (Å²) >= 11 is 0. The summed E-state index contributed by atoms with van der Waals surface area (Å²) < 4.78 is 11.3. The number of hydrogen-bond acceptors (Lipinski definition) is 5. The highest BCUT2D eigenvalue weighted by Crippen LogP contribution is 2.28. The van der Waals surface area contributed by atoms with Crippen LogP contribution in [0.3, 0.4) is 0 Å². The molecule has 0 saturated carbocycles. The number of benzene rings is 2. The van der Waals surface area contributed by atoms with E-state index >= 15 is 0 Å². The third-order valence-corrected chi connectivity index (χ3v) is 5.89. The number of fused-ring (bicyclic) bond motifs is 1. The molecular weight excluding hydrogens is 406 g/mol. The molecule has 1 aliphatic heterocycles. The van der Waals surface area contributed by atoms with E-state index in [0.717, 1.165) is 48.5 Å². The predicted molar refractivity (Wildman–Crippen MR) is 125 cm³/mol. The van der Waals surface area contributed by atoms with E-state index < -0.39 is 0 Å². The van der Waals surface area contributed by atoms with Crippen molar-refractivity contribution in [1.29, 1.82) is 0 Å². The average molecular weight is 436 g/mol. The lowest BCUT2D eigenvalue weighted by Crippen LogP contribution is -2.38. The summed E-state index contributed by atoms with van der Waals surface area (Å²) in [6, 6.07) is 13.6. The van der Waals surface area contributed by atoms with E-state index in [4.69, 9.17) is 9.15 Å². The highest BCUT2D eigenvalue weighted by Gasteiger charge is 2.24. The Morgan fingerprint density at radius 1 is 1.06 bits per heavy atom. The minimum absolute atomic E-state index is 0.0456. The van der Waals surface area contributed by atoms with Crippen molar-refractivity contribution in [2.45, 2.75) is 20.8 Å². The molecule has 1 N–H and O–H groups in total. The first-order chi connectivity index (χ1) is 15.5. The van der Waals surface area contributed by atoms with Gasteiger partial charge in [-0.1, -0.05) is 18.2 Å². The third-order valence-electron chi connectivity index (χ3n) is 5.89. The zero-order valence-electron chi connectivity index (χ0n) is 18.8. The van der Waals surface area contributed by atoms with Crippen molar-refractivity contribution in [3.63, 3.8) is 0 Å². The maximum Gasteiger partial charge on any atom is 0.290 e. The molecule has 0 atom stereocenters. The summed E-state index contributed by atoms with van der Waals surface area (Å²) in [5.74, 6) is -0.235. The number of nitrogens with zero attached hydrogens (tertiary/aromatic N) is 2. The van der Waals surface area contributed by atoms with Gasteiger partial charge in [-0.3, -0.25) is 9.59 Å². The first-order valence-corrected chi connectivity index (χ1v) is 11.0. The van der Waals surface area contributed by atoms with Gasteiger partial charge in [0.15, 0.2) is 5.76 Å². The Bertz CT molecular complexity index is 1110. The summed E-state index contributed by atoms with van der Waals surface area (Å²) in [6.45, 7) is 9.21. The van der Waals surface area contributed by atoms with Gasteiger partial charge in [-0.15, -0.1) is 0 Å². The molecule has 2 amide bonds. The normalized spacial score (nSPS) is 13.9. The van der Waals surface area contributed by atoms with E-state index in [9.17, 15) is 9.59 Å². The van der Waals surface area contributed by atoms with Crippen LogP contribution in [0, 0.1) is 13.8 Å². The maximum absolute atomic E-state index is 13.1. The van der Waals surface area contributed by atoms with Gasteiger partial charge in [-0.2, -0.15) is 0 Å². The van der Waals surface area contributed by atoms with Gasteiger partial charge in [0.1, 0.15) is 12.1 Å². The van der Waals surface area contributed by atoms with E-state index in [1.165, 1.54) is 4.90 Å². The monoisotopic (exact) mass is 435 g/mol. The predicted octanol–water partition coefficient (Wildman–Crippen LogP) is 3.99. The second-order valence-corrected chi connectivity index (χ2v) is 8.02. The molecule has 1 aromatic heterocycles. The molecule has 1 aliphatic rings. The molecule has 32 heavy (non-hydrogen) atoms. The topological polar surface area (TPSA) is 75.0 Å². The Morgan fingerprint density at radius 2 is 1.78 bits per heavy atom. The van der Waals surface area contributed by atoms with Crippen molar-refractivity contribution in [2.24, 2.45) is 0 Å². The molecule has 1 saturated heterocycles. The number of morpholine rings is 1. The number of para-hydroxylation sites is 1. The van der Waals surface area contributed by atoms with Crippen LogP contribution in [0.25, 0.3) is 11.0 Å². The van der Waals surface area contributed by atoms with Gasteiger partial charge in [0.2, 0.25) is 5.91 Å². The molecular formula is C25H29N3O4. The number of aryl methyl sites for hydroxylation is 2. The van der Waals surface area contributed by atoms with Crippen LogP contribution in [-0.2, 0) is 9.53 Å². The fourth-order valence-electron chi connectivity index (χ4n) is 4.01. The van der Waals surface area contributed by atoms with Crippen molar-refractivity contribution in [1.82, 2.24) is 4.90 Å². The second-order valence-electron chi connectivity index (χ2n) is 8.02. The van der Waals surface area contributed by atoms with Crippen LogP contribution in [0.4, 0.5) is 11.4 Å². The van der Waals surface area contributed by atoms with Gasteiger partial charge in [0.25, 0.3) is 5.91 Å².